The predicted molar refractivity (Wildman–Crippen MR) is 60.2 cm³/mol. The molecule has 0 radical (unpaired) electrons. The Morgan fingerprint density at radius 1 is 1.23 bits per heavy atom. The van der Waals surface area contributed by atoms with Gasteiger partial charge in [-0.25, -0.2) is 0 Å². The average Bonchev–Trinajstić information content (AvgIpc) is 2.99. The summed E-state index contributed by atoms with van der Waals surface area (Å²) < 4.78 is 0. The first kappa shape index (κ1) is 9.85. The van der Waals surface area contributed by atoms with Gasteiger partial charge in [-0.05, 0) is 43.3 Å². The van der Waals surface area contributed by atoms with Gasteiger partial charge in [-0.2, -0.15) is 11.8 Å². The monoisotopic (exact) mass is 199 g/mol. The van der Waals surface area contributed by atoms with E-state index < -0.39 is 0 Å². The molecule has 0 unspecified atom stereocenters. The van der Waals surface area contributed by atoms with Crippen molar-refractivity contribution in [2.24, 2.45) is 11.8 Å². The van der Waals surface area contributed by atoms with Gasteiger partial charge < -0.3 is 5.32 Å². The van der Waals surface area contributed by atoms with Gasteiger partial charge in [-0.1, -0.05) is 6.92 Å². The molecule has 2 heteroatoms. The predicted octanol–water partition coefficient (Wildman–Crippen LogP) is 2.52. The zero-order chi connectivity index (χ0) is 9.10. The molecule has 0 aliphatic heterocycles. The van der Waals surface area contributed by atoms with E-state index in [1.54, 1.807) is 0 Å². The van der Waals surface area contributed by atoms with Crippen molar-refractivity contribution < 1.29 is 0 Å². The van der Waals surface area contributed by atoms with Crippen LogP contribution in [0.4, 0.5) is 0 Å². The lowest BCUT2D eigenvalue weighted by atomic mass is 10.1. The van der Waals surface area contributed by atoms with Crippen LogP contribution >= 0.6 is 11.8 Å². The zero-order valence-electron chi connectivity index (χ0n) is 8.59. The molecule has 2 fully saturated rings. The minimum atomic E-state index is 0.900. The van der Waals surface area contributed by atoms with E-state index >= 15 is 0 Å². The second-order valence-corrected chi connectivity index (χ2v) is 5.75. The van der Waals surface area contributed by atoms with Crippen molar-refractivity contribution in [2.45, 2.75) is 38.6 Å². The number of rotatable bonds is 7. The van der Waals surface area contributed by atoms with Gasteiger partial charge in [0.25, 0.3) is 0 Å². The van der Waals surface area contributed by atoms with Gasteiger partial charge in [-0.15, -0.1) is 0 Å². The SMILES string of the molecule is CCSCCNC(C1CC1)C1CC1. The maximum Gasteiger partial charge on any atom is 0.0124 e. The van der Waals surface area contributed by atoms with Crippen molar-refractivity contribution >= 4 is 11.8 Å². The van der Waals surface area contributed by atoms with Crippen LogP contribution in [0.2, 0.25) is 0 Å². The first-order chi connectivity index (χ1) is 6.42. The van der Waals surface area contributed by atoms with Crippen LogP contribution < -0.4 is 5.32 Å². The lowest BCUT2D eigenvalue weighted by Crippen LogP contribution is -2.34. The van der Waals surface area contributed by atoms with Gasteiger partial charge >= 0.3 is 0 Å². The Bertz CT molecular complexity index is 140. The Morgan fingerprint density at radius 2 is 1.85 bits per heavy atom. The van der Waals surface area contributed by atoms with Crippen molar-refractivity contribution in [3.63, 3.8) is 0 Å². The molecule has 0 amide bonds. The molecule has 0 spiro atoms. The molecule has 0 aromatic heterocycles. The third kappa shape index (κ3) is 3.17. The molecular weight excluding hydrogens is 178 g/mol. The van der Waals surface area contributed by atoms with Crippen LogP contribution in [0.5, 0.6) is 0 Å². The first-order valence-corrected chi connectivity index (χ1v) is 6.88. The Hall–Kier alpha value is 0.310. The van der Waals surface area contributed by atoms with Crippen molar-refractivity contribution in [3.8, 4) is 0 Å². The summed E-state index contributed by atoms with van der Waals surface area (Å²) in [5, 5.41) is 3.76. The molecule has 76 valence electrons. The molecule has 0 atom stereocenters. The quantitative estimate of drug-likeness (QED) is 0.632. The zero-order valence-corrected chi connectivity index (χ0v) is 9.41. The molecule has 1 nitrogen and oxygen atoms in total. The van der Waals surface area contributed by atoms with Crippen LogP contribution in [-0.4, -0.2) is 24.1 Å². The summed E-state index contributed by atoms with van der Waals surface area (Å²) in [6, 6.07) is 0.900. The highest BCUT2D eigenvalue weighted by Crippen LogP contribution is 2.44. The Morgan fingerprint density at radius 3 is 2.31 bits per heavy atom. The maximum absolute atomic E-state index is 3.76. The first-order valence-electron chi connectivity index (χ1n) is 5.73. The highest BCUT2D eigenvalue weighted by molar-refractivity contribution is 7.99. The molecule has 0 saturated heterocycles. The van der Waals surface area contributed by atoms with Gasteiger partial charge in [0.15, 0.2) is 0 Å². The van der Waals surface area contributed by atoms with E-state index in [9.17, 15) is 0 Å². The number of hydrogen-bond acceptors (Lipinski definition) is 2. The summed E-state index contributed by atoms with van der Waals surface area (Å²) in [6.07, 6.45) is 5.98. The normalized spacial score (nSPS) is 22.6. The molecule has 0 aromatic rings. The van der Waals surface area contributed by atoms with Gasteiger partial charge in [0.1, 0.15) is 0 Å². The fourth-order valence-corrected chi connectivity index (χ4v) is 2.62. The molecule has 2 aliphatic carbocycles. The van der Waals surface area contributed by atoms with Gasteiger partial charge in [0.2, 0.25) is 0 Å². The highest BCUT2D eigenvalue weighted by atomic mass is 32.2. The van der Waals surface area contributed by atoms with E-state index in [2.05, 4.69) is 24.0 Å². The highest BCUT2D eigenvalue weighted by Gasteiger charge is 2.40. The largest absolute Gasteiger partial charge is 0.313 e. The van der Waals surface area contributed by atoms with Crippen molar-refractivity contribution in [2.75, 3.05) is 18.1 Å². The summed E-state index contributed by atoms with van der Waals surface area (Å²) in [7, 11) is 0. The van der Waals surface area contributed by atoms with E-state index in [1.807, 2.05) is 0 Å². The standard InChI is InChI=1S/C11H21NS/c1-2-13-8-7-12-11(9-3-4-9)10-5-6-10/h9-12H,2-8H2,1H3. The van der Waals surface area contributed by atoms with Crippen LogP contribution in [0.3, 0.4) is 0 Å². The van der Waals surface area contributed by atoms with Crippen molar-refractivity contribution in [3.05, 3.63) is 0 Å². The third-order valence-corrected chi connectivity index (χ3v) is 3.99. The smallest absolute Gasteiger partial charge is 0.0124 e. The molecular formula is C11H21NS. The molecule has 0 aromatic carbocycles. The molecule has 2 aliphatic rings. The summed E-state index contributed by atoms with van der Waals surface area (Å²) in [5.41, 5.74) is 0. The molecule has 2 saturated carbocycles. The van der Waals surface area contributed by atoms with Gasteiger partial charge in [0, 0.05) is 18.3 Å². The molecule has 2 rings (SSSR count). The number of nitrogens with one attached hydrogen (secondary N) is 1. The lowest BCUT2D eigenvalue weighted by Gasteiger charge is -2.17. The molecule has 13 heavy (non-hydrogen) atoms. The van der Waals surface area contributed by atoms with Crippen LogP contribution in [0.25, 0.3) is 0 Å². The summed E-state index contributed by atoms with van der Waals surface area (Å²) in [4.78, 5) is 0. The summed E-state index contributed by atoms with van der Waals surface area (Å²) >= 11 is 2.05. The molecule has 0 heterocycles. The third-order valence-electron chi connectivity index (χ3n) is 3.09. The summed E-state index contributed by atoms with van der Waals surface area (Å²) in [5.74, 6) is 4.67. The lowest BCUT2D eigenvalue weighted by molar-refractivity contribution is 0.429. The van der Waals surface area contributed by atoms with E-state index in [0.29, 0.717) is 0 Å². The fraction of sp³-hybridized carbons (Fsp3) is 1.00. The minimum absolute atomic E-state index is 0.900. The Balaban J connectivity index is 1.59. The van der Waals surface area contributed by atoms with Crippen LogP contribution in [-0.2, 0) is 0 Å². The van der Waals surface area contributed by atoms with Crippen LogP contribution in [0.1, 0.15) is 32.6 Å². The fourth-order valence-electron chi connectivity index (χ4n) is 2.07. The molecule has 0 bridgehead atoms. The Kier molecular flexibility index (Phi) is 3.56. The van der Waals surface area contributed by atoms with E-state index in [1.165, 1.54) is 43.7 Å². The number of hydrogen-bond donors (Lipinski definition) is 1. The second kappa shape index (κ2) is 4.70. The number of thioether (sulfide) groups is 1. The maximum atomic E-state index is 3.76. The van der Waals surface area contributed by atoms with E-state index in [-0.39, 0.29) is 0 Å². The topological polar surface area (TPSA) is 12.0 Å². The van der Waals surface area contributed by atoms with E-state index in [0.717, 1.165) is 17.9 Å². The summed E-state index contributed by atoms with van der Waals surface area (Å²) in [6.45, 7) is 3.47. The van der Waals surface area contributed by atoms with Crippen LogP contribution in [0, 0.1) is 11.8 Å². The van der Waals surface area contributed by atoms with Gasteiger partial charge in [-0.3, -0.25) is 0 Å². The van der Waals surface area contributed by atoms with Crippen molar-refractivity contribution in [1.82, 2.24) is 5.32 Å². The van der Waals surface area contributed by atoms with Gasteiger partial charge in [0.05, 0.1) is 0 Å². The minimum Gasteiger partial charge on any atom is -0.313 e. The van der Waals surface area contributed by atoms with E-state index in [4.69, 9.17) is 0 Å². The van der Waals surface area contributed by atoms with Crippen molar-refractivity contribution in [1.29, 1.82) is 0 Å². The second-order valence-electron chi connectivity index (χ2n) is 4.35. The molecule has 1 N–H and O–H groups in total. The van der Waals surface area contributed by atoms with Crippen LogP contribution in [0.15, 0.2) is 0 Å². The average molecular weight is 199 g/mol. The Labute approximate surface area is 86.0 Å².